The van der Waals surface area contributed by atoms with Crippen molar-refractivity contribution >= 4 is 23.0 Å². The van der Waals surface area contributed by atoms with Gasteiger partial charge in [-0.2, -0.15) is 13.2 Å². The third-order valence-electron chi connectivity index (χ3n) is 3.34. The highest BCUT2D eigenvalue weighted by Crippen LogP contribution is 2.34. The fourth-order valence-corrected chi connectivity index (χ4v) is 2.16. The zero-order valence-electron chi connectivity index (χ0n) is 13.5. The first-order chi connectivity index (χ1) is 12.2. The summed E-state index contributed by atoms with van der Waals surface area (Å²) in [6.45, 7) is -0.413. The van der Waals surface area contributed by atoms with E-state index >= 15 is 0 Å². The molecule has 2 aromatic carbocycles. The molecule has 0 aliphatic carbocycles. The van der Waals surface area contributed by atoms with Crippen LogP contribution in [0.25, 0.3) is 0 Å². The van der Waals surface area contributed by atoms with Crippen LogP contribution in [0.2, 0.25) is 0 Å². The first-order valence-electron chi connectivity index (χ1n) is 7.24. The Bertz CT molecular complexity index is 825. The Morgan fingerprint density at radius 1 is 1.19 bits per heavy atom. The zero-order chi connectivity index (χ0) is 19.3. The van der Waals surface area contributed by atoms with Crippen LogP contribution < -0.4 is 15.4 Å². The minimum Gasteiger partial charge on any atom is -0.495 e. The van der Waals surface area contributed by atoms with Gasteiger partial charge >= 0.3 is 6.18 Å². The van der Waals surface area contributed by atoms with Gasteiger partial charge in [-0.1, -0.05) is 12.1 Å². The number of benzene rings is 2. The van der Waals surface area contributed by atoms with Crippen molar-refractivity contribution < 1.29 is 27.6 Å². The Hall–Kier alpha value is -3.30. The van der Waals surface area contributed by atoms with Gasteiger partial charge in [0.2, 0.25) is 5.91 Å². The lowest BCUT2D eigenvalue weighted by Crippen LogP contribution is -2.23. The van der Waals surface area contributed by atoms with E-state index in [-0.39, 0.29) is 22.8 Å². The predicted molar refractivity (Wildman–Crippen MR) is 88.2 cm³/mol. The highest BCUT2D eigenvalue weighted by molar-refractivity contribution is 5.94. The molecule has 2 N–H and O–H groups in total. The molecule has 0 atom stereocenters. The minimum absolute atomic E-state index is 0.168. The summed E-state index contributed by atoms with van der Waals surface area (Å²) < 4.78 is 43.8. The summed E-state index contributed by atoms with van der Waals surface area (Å²) in [6, 6.07) is 8.30. The molecule has 0 fully saturated rings. The van der Waals surface area contributed by atoms with Crippen LogP contribution >= 0.6 is 0 Å². The van der Waals surface area contributed by atoms with E-state index in [1.165, 1.54) is 31.4 Å². The van der Waals surface area contributed by atoms with E-state index in [1.54, 1.807) is 0 Å². The Labute approximate surface area is 145 Å². The molecular formula is C16H14F3N3O4. The molecule has 7 nitrogen and oxygen atoms in total. The molecule has 0 radical (unpaired) electrons. The Morgan fingerprint density at radius 3 is 2.50 bits per heavy atom. The van der Waals surface area contributed by atoms with Crippen molar-refractivity contribution in [3.63, 3.8) is 0 Å². The quantitative estimate of drug-likeness (QED) is 0.599. The number of rotatable bonds is 6. The van der Waals surface area contributed by atoms with Gasteiger partial charge in [-0.15, -0.1) is 0 Å². The number of non-ortho nitro benzene ring substituents is 1. The van der Waals surface area contributed by atoms with E-state index in [4.69, 9.17) is 4.74 Å². The average molecular weight is 369 g/mol. The Kier molecular flexibility index (Phi) is 5.65. The maximum atomic E-state index is 12.9. The second-order valence-corrected chi connectivity index (χ2v) is 5.09. The number of ether oxygens (including phenoxy) is 1. The van der Waals surface area contributed by atoms with Crippen LogP contribution in [-0.2, 0) is 11.0 Å². The summed E-state index contributed by atoms with van der Waals surface area (Å²) in [5.41, 5.74) is -1.41. The highest BCUT2D eigenvalue weighted by atomic mass is 19.4. The van der Waals surface area contributed by atoms with E-state index in [2.05, 4.69) is 10.6 Å². The van der Waals surface area contributed by atoms with E-state index in [0.717, 1.165) is 18.2 Å². The van der Waals surface area contributed by atoms with Crippen LogP contribution in [0.5, 0.6) is 5.75 Å². The molecule has 0 bridgehead atoms. The van der Waals surface area contributed by atoms with Crippen LogP contribution in [0, 0.1) is 10.1 Å². The predicted octanol–water partition coefficient (Wildman–Crippen LogP) is 3.67. The van der Waals surface area contributed by atoms with Crippen LogP contribution in [0.3, 0.4) is 0 Å². The molecule has 1 amide bonds. The van der Waals surface area contributed by atoms with Gasteiger partial charge in [0.15, 0.2) is 0 Å². The average Bonchev–Trinajstić information content (AvgIpc) is 2.59. The van der Waals surface area contributed by atoms with Crippen molar-refractivity contribution in [2.24, 2.45) is 0 Å². The molecule has 0 heterocycles. The largest absolute Gasteiger partial charge is 0.495 e. The Balaban J connectivity index is 2.11. The van der Waals surface area contributed by atoms with Gasteiger partial charge in [0.05, 0.1) is 35.5 Å². The number of nitrogens with zero attached hydrogens (tertiary/aromatic N) is 1. The maximum Gasteiger partial charge on any atom is 0.418 e. The number of nitrogens with one attached hydrogen (secondary N) is 2. The standard InChI is InChI=1S/C16H14F3N3O4/c1-26-14-7-6-10(22(24)25)8-13(14)20-9-15(23)21-12-5-3-2-4-11(12)16(17,18)19/h2-8,20H,9H2,1H3,(H,21,23). The summed E-state index contributed by atoms with van der Waals surface area (Å²) >= 11 is 0. The number of alkyl halides is 3. The number of para-hydroxylation sites is 1. The van der Waals surface area contributed by atoms with Crippen molar-refractivity contribution in [2.75, 3.05) is 24.3 Å². The molecule has 0 saturated heterocycles. The highest BCUT2D eigenvalue weighted by Gasteiger charge is 2.33. The molecule has 0 unspecified atom stereocenters. The number of halogens is 3. The number of nitro benzene ring substituents is 1. The minimum atomic E-state index is -4.61. The molecule has 10 heteroatoms. The van der Waals surface area contributed by atoms with Gasteiger partial charge in [0, 0.05) is 12.1 Å². The van der Waals surface area contributed by atoms with E-state index < -0.39 is 29.1 Å². The number of hydrogen-bond acceptors (Lipinski definition) is 5. The number of nitro groups is 1. The number of hydrogen-bond donors (Lipinski definition) is 2. The smallest absolute Gasteiger partial charge is 0.418 e. The molecule has 0 aromatic heterocycles. The molecule has 26 heavy (non-hydrogen) atoms. The van der Waals surface area contributed by atoms with Crippen LogP contribution in [-0.4, -0.2) is 24.5 Å². The molecular weight excluding hydrogens is 355 g/mol. The monoisotopic (exact) mass is 369 g/mol. The van der Waals surface area contributed by atoms with Crippen molar-refractivity contribution in [3.05, 3.63) is 58.1 Å². The summed E-state index contributed by atoms with van der Waals surface area (Å²) in [6.07, 6.45) is -4.61. The topological polar surface area (TPSA) is 93.5 Å². The fraction of sp³-hybridized carbons (Fsp3) is 0.188. The van der Waals surface area contributed by atoms with Crippen LogP contribution in [0.1, 0.15) is 5.56 Å². The van der Waals surface area contributed by atoms with Crippen molar-refractivity contribution in [3.8, 4) is 5.75 Å². The molecule has 2 rings (SSSR count). The molecule has 138 valence electrons. The lowest BCUT2D eigenvalue weighted by Gasteiger charge is -2.14. The second-order valence-electron chi connectivity index (χ2n) is 5.09. The summed E-state index contributed by atoms with van der Waals surface area (Å²) in [5, 5.41) is 15.6. The first-order valence-corrected chi connectivity index (χ1v) is 7.24. The Morgan fingerprint density at radius 2 is 1.88 bits per heavy atom. The maximum absolute atomic E-state index is 12.9. The van der Waals surface area contributed by atoms with Crippen LogP contribution in [0.4, 0.5) is 30.2 Å². The normalized spacial score (nSPS) is 10.9. The van der Waals surface area contributed by atoms with Crippen LogP contribution in [0.15, 0.2) is 42.5 Å². The van der Waals surface area contributed by atoms with Gasteiger partial charge in [-0.3, -0.25) is 14.9 Å². The van der Waals surface area contributed by atoms with Gasteiger partial charge < -0.3 is 15.4 Å². The number of amides is 1. The zero-order valence-corrected chi connectivity index (χ0v) is 13.5. The lowest BCUT2D eigenvalue weighted by molar-refractivity contribution is -0.384. The fourth-order valence-electron chi connectivity index (χ4n) is 2.16. The van der Waals surface area contributed by atoms with Gasteiger partial charge in [0.1, 0.15) is 5.75 Å². The molecule has 0 saturated carbocycles. The first kappa shape index (κ1) is 19.0. The summed E-state index contributed by atoms with van der Waals surface area (Å²) in [7, 11) is 1.34. The number of methoxy groups -OCH3 is 1. The molecule has 0 aliphatic heterocycles. The van der Waals surface area contributed by atoms with Crippen molar-refractivity contribution in [2.45, 2.75) is 6.18 Å². The van der Waals surface area contributed by atoms with Crippen molar-refractivity contribution in [1.29, 1.82) is 0 Å². The SMILES string of the molecule is COc1ccc([N+](=O)[O-])cc1NCC(=O)Nc1ccccc1C(F)(F)F. The number of carbonyl (C=O) groups excluding carboxylic acids is 1. The second kappa shape index (κ2) is 7.72. The number of carbonyl (C=O) groups is 1. The molecule has 0 aliphatic rings. The molecule has 0 spiro atoms. The number of anilines is 2. The van der Waals surface area contributed by atoms with Gasteiger partial charge in [-0.25, -0.2) is 0 Å². The van der Waals surface area contributed by atoms with E-state index in [9.17, 15) is 28.1 Å². The van der Waals surface area contributed by atoms with E-state index in [0.29, 0.717) is 0 Å². The van der Waals surface area contributed by atoms with Gasteiger partial charge in [0.25, 0.3) is 5.69 Å². The van der Waals surface area contributed by atoms with Gasteiger partial charge in [-0.05, 0) is 18.2 Å². The summed E-state index contributed by atoms with van der Waals surface area (Å²) in [5.74, 6) is -0.505. The van der Waals surface area contributed by atoms with Crippen molar-refractivity contribution in [1.82, 2.24) is 0 Å². The van der Waals surface area contributed by atoms with E-state index in [1.807, 2.05) is 0 Å². The molecule has 2 aromatic rings. The lowest BCUT2D eigenvalue weighted by atomic mass is 10.1. The summed E-state index contributed by atoms with van der Waals surface area (Å²) in [4.78, 5) is 22.2. The third kappa shape index (κ3) is 4.62. The third-order valence-corrected chi connectivity index (χ3v) is 3.34.